The Morgan fingerprint density at radius 1 is 1.22 bits per heavy atom. The molecule has 1 atom stereocenters. The number of aryl methyl sites for hydroxylation is 2. The third kappa shape index (κ3) is 3.87. The van der Waals surface area contributed by atoms with Crippen molar-refractivity contribution in [2.75, 3.05) is 43.0 Å². The van der Waals surface area contributed by atoms with E-state index in [1.54, 1.807) is 11.1 Å². The zero-order valence-corrected chi connectivity index (χ0v) is 15.6. The van der Waals surface area contributed by atoms with Crippen LogP contribution in [0.3, 0.4) is 0 Å². The number of hydrogen-bond donors (Lipinski definition) is 1. The molecule has 0 aromatic carbocycles. The van der Waals surface area contributed by atoms with E-state index >= 15 is 0 Å². The summed E-state index contributed by atoms with van der Waals surface area (Å²) in [5.41, 5.74) is 1.56. The van der Waals surface area contributed by atoms with Gasteiger partial charge in [0.25, 0.3) is 0 Å². The van der Waals surface area contributed by atoms with Crippen LogP contribution in [-0.4, -0.2) is 58.7 Å². The Kier molecular flexibility index (Phi) is 4.93. The fourth-order valence-corrected chi connectivity index (χ4v) is 3.32. The summed E-state index contributed by atoms with van der Waals surface area (Å²) < 4.78 is 11.3. The van der Waals surface area contributed by atoms with E-state index in [0.717, 1.165) is 30.4 Å². The van der Waals surface area contributed by atoms with Crippen molar-refractivity contribution in [1.82, 2.24) is 19.9 Å². The average molecular weight is 372 g/mol. The first-order valence-electron chi connectivity index (χ1n) is 9.29. The van der Waals surface area contributed by atoms with Gasteiger partial charge in [0.05, 0.1) is 24.5 Å². The van der Waals surface area contributed by atoms with E-state index in [2.05, 4.69) is 25.2 Å². The van der Waals surface area contributed by atoms with E-state index in [1.165, 1.54) is 12.8 Å². The molecule has 2 aromatic heterocycles. The van der Waals surface area contributed by atoms with E-state index in [-0.39, 0.29) is 18.1 Å². The Hall–Kier alpha value is -2.68. The van der Waals surface area contributed by atoms with Gasteiger partial charge in [-0.1, -0.05) is 0 Å². The molecule has 0 aliphatic carbocycles. The zero-order valence-electron chi connectivity index (χ0n) is 15.6. The second kappa shape index (κ2) is 7.51. The SMILES string of the molecule is Cc1nc(NC(=O)N2CCO[C@@H](c3ccnc(N4CCCC4)n3)C2)oc1C. The normalized spacial score (nSPS) is 20.1. The lowest BCUT2D eigenvalue weighted by atomic mass is 10.2. The molecule has 4 heterocycles. The maximum Gasteiger partial charge on any atom is 0.325 e. The largest absolute Gasteiger partial charge is 0.428 e. The first-order valence-corrected chi connectivity index (χ1v) is 9.29. The van der Waals surface area contributed by atoms with Crippen LogP contribution in [-0.2, 0) is 4.74 Å². The van der Waals surface area contributed by atoms with Crippen LogP contribution in [0.1, 0.15) is 36.1 Å². The highest BCUT2D eigenvalue weighted by Crippen LogP contribution is 2.24. The van der Waals surface area contributed by atoms with Crippen molar-refractivity contribution in [3.8, 4) is 0 Å². The minimum Gasteiger partial charge on any atom is -0.428 e. The van der Waals surface area contributed by atoms with Crippen LogP contribution in [0, 0.1) is 13.8 Å². The molecular weight excluding hydrogens is 348 g/mol. The van der Waals surface area contributed by atoms with Crippen molar-refractivity contribution in [3.63, 3.8) is 0 Å². The summed E-state index contributed by atoms with van der Waals surface area (Å²) in [5, 5.41) is 2.71. The van der Waals surface area contributed by atoms with Crippen molar-refractivity contribution in [2.45, 2.75) is 32.8 Å². The van der Waals surface area contributed by atoms with Gasteiger partial charge in [0.2, 0.25) is 5.95 Å². The number of anilines is 2. The molecule has 4 rings (SSSR count). The number of rotatable bonds is 3. The van der Waals surface area contributed by atoms with Gasteiger partial charge in [-0.25, -0.2) is 14.8 Å². The summed E-state index contributed by atoms with van der Waals surface area (Å²) in [5.74, 6) is 1.43. The smallest absolute Gasteiger partial charge is 0.325 e. The Morgan fingerprint density at radius 3 is 2.78 bits per heavy atom. The molecule has 9 heteroatoms. The van der Waals surface area contributed by atoms with Gasteiger partial charge >= 0.3 is 12.0 Å². The number of oxazole rings is 1. The number of carbonyl (C=O) groups is 1. The number of hydrogen-bond acceptors (Lipinski definition) is 7. The van der Waals surface area contributed by atoms with Crippen LogP contribution in [0.2, 0.25) is 0 Å². The highest BCUT2D eigenvalue weighted by molar-refractivity contribution is 5.87. The summed E-state index contributed by atoms with van der Waals surface area (Å²) in [4.78, 5) is 29.7. The number of morpholine rings is 1. The van der Waals surface area contributed by atoms with Gasteiger partial charge in [-0.05, 0) is 32.8 Å². The number of nitrogens with zero attached hydrogens (tertiary/aromatic N) is 5. The fourth-order valence-electron chi connectivity index (χ4n) is 3.32. The molecule has 27 heavy (non-hydrogen) atoms. The van der Waals surface area contributed by atoms with Crippen molar-refractivity contribution < 1.29 is 13.9 Å². The standard InChI is InChI=1S/C18H24N6O3/c1-12-13(2)27-17(20-12)22-18(25)24-9-10-26-15(11-24)14-5-6-19-16(21-14)23-7-3-4-8-23/h5-6,15H,3-4,7-11H2,1-2H3,(H,20,22,25)/t15-/m1/s1. The number of aromatic nitrogens is 3. The molecule has 2 fully saturated rings. The molecule has 2 aliphatic heterocycles. The summed E-state index contributed by atoms with van der Waals surface area (Å²) >= 11 is 0. The predicted molar refractivity (Wildman–Crippen MR) is 98.7 cm³/mol. The minimum absolute atomic E-state index is 0.219. The maximum absolute atomic E-state index is 12.6. The van der Waals surface area contributed by atoms with Crippen molar-refractivity contribution in [2.24, 2.45) is 0 Å². The monoisotopic (exact) mass is 372 g/mol. The third-order valence-corrected chi connectivity index (χ3v) is 4.98. The number of nitrogens with one attached hydrogen (secondary N) is 1. The van der Waals surface area contributed by atoms with Crippen molar-refractivity contribution >= 4 is 18.0 Å². The van der Waals surface area contributed by atoms with E-state index in [1.807, 2.05) is 19.9 Å². The van der Waals surface area contributed by atoms with Gasteiger partial charge in [-0.2, -0.15) is 4.98 Å². The van der Waals surface area contributed by atoms with E-state index in [4.69, 9.17) is 9.15 Å². The molecule has 144 valence electrons. The Balaban J connectivity index is 1.43. The fraction of sp³-hybridized carbons (Fsp3) is 0.556. The highest BCUT2D eigenvalue weighted by Gasteiger charge is 2.28. The Bertz CT molecular complexity index is 798. The average Bonchev–Trinajstić information content (AvgIpc) is 3.32. The molecule has 9 nitrogen and oxygen atoms in total. The van der Waals surface area contributed by atoms with Crippen LogP contribution in [0.5, 0.6) is 0 Å². The molecule has 0 unspecified atom stereocenters. The molecule has 0 radical (unpaired) electrons. The lowest BCUT2D eigenvalue weighted by molar-refractivity contribution is -0.0158. The number of ether oxygens (including phenoxy) is 1. The highest BCUT2D eigenvalue weighted by atomic mass is 16.5. The second-order valence-corrected chi connectivity index (χ2v) is 6.87. The van der Waals surface area contributed by atoms with Crippen LogP contribution in [0.15, 0.2) is 16.7 Å². The summed E-state index contributed by atoms with van der Waals surface area (Å²) in [6.07, 6.45) is 3.82. The molecule has 2 saturated heterocycles. The predicted octanol–water partition coefficient (Wildman–Crippen LogP) is 2.29. The molecule has 1 N–H and O–H groups in total. The topological polar surface area (TPSA) is 96.6 Å². The van der Waals surface area contributed by atoms with Crippen LogP contribution in [0.4, 0.5) is 16.8 Å². The molecule has 2 aliphatic rings. The number of amides is 2. The molecule has 2 aromatic rings. The zero-order chi connectivity index (χ0) is 18.8. The van der Waals surface area contributed by atoms with Gasteiger partial charge in [0, 0.05) is 25.8 Å². The van der Waals surface area contributed by atoms with Gasteiger partial charge in [0.1, 0.15) is 11.9 Å². The van der Waals surface area contributed by atoms with Crippen LogP contribution in [0.25, 0.3) is 0 Å². The van der Waals surface area contributed by atoms with Crippen molar-refractivity contribution in [1.29, 1.82) is 0 Å². The minimum atomic E-state index is -0.276. The number of urea groups is 1. The second-order valence-electron chi connectivity index (χ2n) is 6.87. The summed E-state index contributed by atoms with van der Waals surface area (Å²) in [6.45, 7) is 7.00. The maximum atomic E-state index is 12.6. The number of carbonyl (C=O) groups excluding carboxylic acids is 1. The van der Waals surface area contributed by atoms with Gasteiger partial charge in [0.15, 0.2) is 0 Å². The van der Waals surface area contributed by atoms with Gasteiger partial charge < -0.3 is 19.0 Å². The molecule has 2 amide bonds. The van der Waals surface area contributed by atoms with E-state index in [9.17, 15) is 4.79 Å². The summed E-state index contributed by atoms with van der Waals surface area (Å²) in [7, 11) is 0. The quantitative estimate of drug-likeness (QED) is 0.883. The van der Waals surface area contributed by atoms with E-state index in [0.29, 0.717) is 25.5 Å². The molecule has 0 bridgehead atoms. The van der Waals surface area contributed by atoms with E-state index < -0.39 is 0 Å². The van der Waals surface area contributed by atoms with Crippen LogP contribution >= 0.6 is 0 Å². The lowest BCUT2D eigenvalue weighted by Gasteiger charge is -2.32. The third-order valence-electron chi connectivity index (χ3n) is 4.98. The molecule has 0 saturated carbocycles. The molecular formula is C18H24N6O3. The van der Waals surface area contributed by atoms with Crippen molar-refractivity contribution in [3.05, 3.63) is 29.4 Å². The summed E-state index contributed by atoms with van der Waals surface area (Å²) in [6, 6.07) is 1.82. The molecule has 0 spiro atoms. The first-order chi connectivity index (χ1) is 13.1. The Morgan fingerprint density at radius 2 is 2.04 bits per heavy atom. The van der Waals surface area contributed by atoms with Crippen LogP contribution < -0.4 is 10.2 Å². The van der Waals surface area contributed by atoms with Gasteiger partial charge in [-0.3, -0.25) is 5.32 Å². The van der Waals surface area contributed by atoms with Gasteiger partial charge in [-0.15, -0.1) is 0 Å². The Labute approximate surface area is 157 Å². The first kappa shape index (κ1) is 17.7. The lowest BCUT2D eigenvalue weighted by Crippen LogP contribution is -2.44.